The molecule has 2 saturated carbocycles. The number of aromatic nitrogens is 2. The molecule has 2 heterocycles. The topological polar surface area (TPSA) is 128 Å². The minimum absolute atomic E-state index is 0.303. The van der Waals surface area contributed by atoms with Gasteiger partial charge in [-0.1, -0.05) is 36.4 Å². The Bertz CT molecular complexity index is 1690. The zero-order chi connectivity index (χ0) is 29.7. The predicted octanol–water partition coefficient (Wildman–Crippen LogP) is 5.11. The van der Waals surface area contributed by atoms with Crippen LogP contribution >= 0.6 is 0 Å². The number of hydrogen-bond donors (Lipinski definition) is 2. The number of benzene rings is 2. The molecular weight excluding hydrogens is 528 g/mol. The first-order valence-electron chi connectivity index (χ1n) is 14.1. The van der Waals surface area contributed by atoms with E-state index >= 15 is 0 Å². The van der Waals surface area contributed by atoms with Crippen molar-refractivity contribution in [1.29, 1.82) is 0 Å². The van der Waals surface area contributed by atoms with Crippen molar-refractivity contribution in [3.8, 4) is 33.6 Å². The van der Waals surface area contributed by atoms with Gasteiger partial charge < -0.3 is 0 Å². The summed E-state index contributed by atoms with van der Waals surface area (Å²) in [4.78, 5) is 48.7. The Kier molecular flexibility index (Phi) is 6.77. The van der Waals surface area contributed by atoms with Gasteiger partial charge in [0.2, 0.25) is 0 Å². The van der Waals surface area contributed by atoms with Crippen LogP contribution in [0.3, 0.4) is 0 Å². The van der Waals surface area contributed by atoms with Gasteiger partial charge in [0, 0.05) is 11.1 Å². The van der Waals surface area contributed by atoms with Gasteiger partial charge >= 0.3 is 12.1 Å². The summed E-state index contributed by atoms with van der Waals surface area (Å²) in [5.41, 5.74) is 21.1. The van der Waals surface area contributed by atoms with E-state index in [1.807, 2.05) is 62.4 Å². The lowest BCUT2D eigenvalue weighted by molar-refractivity contribution is -0.558. The third-order valence-electron chi connectivity index (χ3n) is 8.58. The lowest BCUT2D eigenvalue weighted by atomic mass is 9.88. The molecule has 8 nitrogen and oxygen atoms in total. The molecule has 42 heavy (non-hydrogen) atoms. The molecule has 210 valence electrons. The zero-order valence-corrected chi connectivity index (χ0v) is 23.6. The maximum atomic E-state index is 12.5. The molecule has 2 fully saturated rings. The van der Waals surface area contributed by atoms with Crippen LogP contribution in [0.15, 0.2) is 60.9 Å². The van der Waals surface area contributed by atoms with Gasteiger partial charge in [-0.05, 0) is 96.9 Å². The molecule has 2 aliphatic carbocycles. The van der Waals surface area contributed by atoms with E-state index in [-0.39, 0.29) is 0 Å². The molecule has 2 aromatic heterocycles. The lowest BCUT2D eigenvalue weighted by Crippen LogP contribution is -2.49. The van der Waals surface area contributed by atoms with Crippen molar-refractivity contribution in [3.05, 3.63) is 94.3 Å². The fraction of sp³-hybridized carbons (Fsp3) is 0.235. The SMILES string of the molecule is Cc1c(-c2cccc(-c3cc(C4CC4)c(C=O)c[n+]3C(N)=O)c2C)cccc1-c1cc(C2CC2)c(C=O)c[n+]1C(N)=O. The average molecular weight is 561 g/mol. The highest BCUT2D eigenvalue weighted by Gasteiger charge is 2.32. The van der Waals surface area contributed by atoms with Crippen LogP contribution < -0.4 is 20.6 Å². The second kappa shape index (κ2) is 10.4. The highest BCUT2D eigenvalue weighted by atomic mass is 16.2. The molecule has 2 aliphatic rings. The molecule has 8 heteroatoms. The van der Waals surface area contributed by atoms with Gasteiger partial charge in [0.15, 0.2) is 12.6 Å². The zero-order valence-electron chi connectivity index (χ0n) is 23.6. The van der Waals surface area contributed by atoms with Gasteiger partial charge in [-0.25, -0.2) is 0 Å². The van der Waals surface area contributed by atoms with Crippen LogP contribution in [0.25, 0.3) is 33.6 Å². The van der Waals surface area contributed by atoms with Crippen molar-refractivity contribution in [2.24, 2.45) is 11.5 Å². The van der Waals surface area contributed by atoms with Crippen LogP contribution in [-0.2, 0) is 0 Å². The lowest BCUT2D eigenvalue weighted by Gasteiger charge is -2.17. The fourth-order valence-corrected chi connectivity index (χ4v) is 6.05. The molecule has 2 amide bonds. The Morgan fingerprint density at radius 3 is 1.33 bits per heavy atom. The van der Waals surface area contributed by atoms with Gasteiger partial charge in [0.1, 0.15) is 23.8 Å². The van der Waals surface area contributed by atoms with E-state index in [0.717, 1.165) is 82.8 Å². The summed E-state index contributed by atoms with van der Waals surface area (Å²) in [6.45, 7) is 4.00. The summed E-state index contributed by atoms with van der Waals surface area (Å²) in [6.07, 6.45) is 8.67. The minimum Gasteiger partial charge on any atom is -0.298 e. The number of pyridine rings is 2. The number of primary amides is 2. The van der Waals surface area contributed by atoms with Crippen molar-refractivity contribution in [3.63, 3.8) is 0 Å². The van der Waals surface area contributed by atoms with Crippen molar-refractivity contribution in [2.45, 2.75) is 51.4 Å². The average Bonchev–Trinajstić information content (AvgIpc) is 3.90. The standard InChI is InChI=1S/C34H30N4O4/c1-19-25(5-3-7-27(19)31-13-29(21-9-10-21)23(17-39)15-37(31)33(35)41)26-6-4-8-28(20(26)2)32-14-30(22-11-12-22)24(18-40)16-38(32)34(36)42/h3-8,13-18,21-22H,9-12H2,1-2H3,(H2-2,35,36,41,42)/p+2. The molecule has 0 bridgehead atoms. The van der Waals surface area contributed by atoms with Crippen LogP contribution in [0, 0.1) is 13.8 Å². The number of hydrogen-bond acceptors (Lipinski definition) is 4. The van der Waals surface area contributed by atoms with E-state index in [4.69, 9.17) is 11.5 Å². The maximum Gasteiger partial charge on any atom is 0.494 e. The van der Waals surface area contributed by atoms with Gasteiger partial charge in [-0.2, -0.15) is 18.7 Å². The largest absolute Gasteiger partial charge is 0.494 e. The molecule has 4 N–H and O–H groups in total. The summed E-state index contributed by atoms with van der Waals surface area (Å²) in [5.74, 6) is 0.606. The number of aldehydes is 2. The Morgan fingerprint density at radius 2 is 1.02 bits per heavy atom. The van der Waals surface area contributed by atoms with Crippen molar-refractivity contribution < 1.29 is 28.3 Å². The number of carbonyl (C=O) groups excluding carboxylic acids is 4. The van der Waals surface area contributed by atoms with E-state index in [9.17, 15) is 19.2 Å². The minimum atomic E-state index is -0.667. The summed E-state index contributed by atoms with van der Waals surface area (Å²) in [5, 5.41) is 0. The Balaban J connectivity index is 1.52. The Hall–Kier alpha value is -4.98. The molecule has 6 rings (SSSR count). The smallest absolute Gasteiger partial charge is 0.298 e. The second-order valence-electron chi connectivity index (χ2n) is 11.3. The third kappa shape index (κ3) is 4.68. The molecular formula is C34H32N4O4+2. The van der Waals surface area contributed by atoms with E-state index < -0.39 is 12.1 Å². The molecule has 0 radical (unpaired) electrons. The van der Waals surface area contributed by atoms with Crippen molar-refractivity contribution >= 4 is 24.6 Å². The van der Waals surface area contributed by atoms with E-state index in [0.29, 0.717) is 34.4 Å². The van der Waals surface area contributed by atoms with Gasteiger partial charge in [0.05, 0.1) is 11.1 Å². The number of amides is 2. The van der Waals surface area contributed by atoms with Crippen LogP contribution in [0.5, 0.6) is 0 Å². The second-order valence-corrected chi connectivity index (χ2v) is 11.3. The first-order chi connectivity index (χ1) is 20.2. The predicted molar refractivity (Wildman–Crippen MR) is 157 cm³/mol. The first-order valence-corrected chi connectivity index (χ1v) is 14.1. The van der Waals surface area contributed by atoms with Crippen LogP contribution in [0.4, 0.5) is 9.59 Å². The number of nitrogens with two attached hydrogens (primary N) is 2. The van der Waals surface area contributed by atoms with Crippen LogP contribution in [0.1, 0.15) is 80.5 Å². The molecule has 0 spiro atoms. The van der Waals surface area contributed by atoms with Crippen molar-refractivity contribution in [2.75, 3.05) is 0 Å². The Labute approximate surface area is 243 Å². The quantitative estimate of drug-likeness (QED) is 0.240. The number of carbonyl (C=O) groups is 4. The summed E-state index contributed by atoms with van der Waals surface area (Å²) < 4.78 is 2.68. The summed E-state index contributed by atoms with van der Waals surface area (Å²) >= 11 is 0. The molecule has 4 aromatic rings. The summed E-state index contributed by atoms with van der Waals surface area (Å²) in [6, 6.07) is 14.3. The number of rotatable bonds is 7. The van der Waals surface area contributed by atoms with Crippen molar-refractivity contribution in [1.82, 2.24) is 0 Å². The van der Waals surface area contributed by atoms with Crippen LogP contribution in [-0.4, -0.2) is 24.6 Å². The fourth-order valence-electron chi connectivity index (χ4n) is 6.05. The van der Waals surface area contributed by atoms with E-state index in [2.05, 4.69) is 0 Å². The summed E-state index contributed by atoms with van der Waals surface area (Å²) in [7, 11) is 0. The third-order valence-corrected chi connectivity index (χ3v) is 8.58. The van der Waals surface area contributed by atoms with Gasteiger partial charge in [-0.3, -0.25) is 21.1 Å². The van der Waals surface area contributed by atoms with Gasteiger partial charge in [0.25, 0.3) is 0 Å². The monoisotopic (exact) mass is 560 g/mol. The molecule has 0 atom stereocenters. The Morgan fingerprint density at radius 1 is 0.667 bits per heavy atom. The highest BCUT2D eigenvalue weighted by molar-refractivity contribution is 5.85. The first kappa shape index (κ1) is 27.2. The van der Waals surface area contributed by atoms with E-state index in [1.54, 1.807) is 12.4 Å². The highest BCUT2D eigenvalue weighted by Crippen LogP contribution is 2.44. The molecule has 0 unspecified atom stereocenters. The van der Waals surface area contributed by atoms with Crippen LogP contribution in [0.2, 0.25) is 0 Å². The van der Waals surface area contributed by atoms with E-state index in [1.165, 1.54) is 9.13 Å². The maximum absolute atomic E-state index is 12.5. The van der Waals surface area contributed by atoms with Gasteiger partial charge in [-0.15, -0.1) is 0 Å². The molecule has 0 aliphatic heterocycles. The number of nitrogens with zero attached hydrogens (tertiary/aromatic N) is 2. The molecule has 2 aromatic carbocycles. The normalized spacial score (nSPS) is 14.4. The molecule has 0 saturated heterocycles.